The molecule has 3 heterocycles. The number of esters is 1. The summed E-state index contributed by atoms with van der Waals surface area (Å²) in [5.41, 5.74) is 0.437. The minimum Gasteiger partial charge on any atom is -0.463 e. The number of thiophene rings is 1. The fourth-order valence-corrected chi connectivity index (χ4v) is 4.34. The highest BCUT2D eigenvalue weighted by Gasteiger charge is 2.38. The molecular weight excluding hydrogens is 431 g/mol. The van der Waals surface area contributed by atoms with Crippen molar-refractivity contribution in [1.82, 2.24) is 25.4 Å². The lowest BCUT2D eigenvalue weighted by Gasteiger charge is -2.28. The van der Waals surface area contributed by atoms with Crippen molar-refractivity contribution >= 4 is 35.1 Å². The Hall–Kier alpha value is -2.54. The van der Waals surface area contributed by atoms with Gasteiger partial charge in [-0.05, 0) is 18.4 Å². The third-order valence-corrected chi connectivity index (χ3v) is 5.89. The number of alkyl halides is 3. The Morgan fingerprint density at radius 1 is 1.41 bits per heavy atom. The molecule has 29 heavy (non-hydrogen) atoms. The van der Waals surface area contributed by atoms with Crippen LogP contribution in [0.5, 0.6) is 0 Å². The second-order valence-electron chi connectivity index (χ2n) is 5.81. The van der Waals surface area contributed by atoms with E-state index in [2.05, 4.69) is 20.8 Å². The first-order valence-corrected chi connectivity index (χ1v) is 10.2. The fraction of sp³-hybridized carbons (Fsp3) is 0.375. The molecular formula is C16H16F3N5O3S2. The molecule has 0 saturated carbocycles. The number of nitrogens with zero attached hydrogens (tertiary/aromatic N) is 3. The molecule has 2 amide bonds. The van der Waals surface area contributed by atoms with Crippen LogP contribution in [0.3, 0.4) is 0 Å². The number of urea groups is 1. The summed E-state index contributed by atoms with van der Waals surface area (Å²) in [6.45, 7) is 1.78. The van der Waals surface area contributed by atoms with Crippen LogP contribution in [0.15, 0.2) is 33.9 Å². The first kappa shape index (κ1) is 21.2. The molecule has 1 aliphatic heterocycles. The van der Waals surface area contributed by atoms with Crippen molar-refractivity contribution in [1.29, 1.82) is 0 Å². The van der Waals surface area contributed by atoms with Gasteiger partial charge in [-0.25, -0.2) is 9.59 Å². The van der Waals surface area contributed by atoms with Gasteiger partial charge < -0.3 is 19.9 Å². The van der Waals surface area contributed by atoms with E-state index in [9.17, 15) is 22.8 Å². The molecule has 1 atom stereocenters. The van der Waals surface area contributed by atoms with Crippen molar-refractivity contribution in [2.75, 3.05) is 12.4 Å². The van der Waals surface area contributed by atoms with Crippen molar-refractivity contribution in [3.05, 3.63) is 39.5 Å². The molecule has 8 nitrogen and oxygen atoms in total. The number of carbonyl (C=O) groups is 2. The molecule has 0 spiro atoms. The highest BCUT2D eigenvalue weighted by Crippen LogP contribution is 2.33. The van der Waals surface area contributed by atoms with Crippen molar-refractivity contribution in [3.63, 3.8) is 0 Å². The second-order valence-corrected chi connectivity index (χ2v) is 7.73. The minimum atomic E-state index is -4.64. The Balaban J connectivity index is 1.92. The first-order chi connectivity index (χ1) is 13.7. The van der Waals surface area contributed by atoms with Gasteiger partial charge in [-0.15, -0.1) is 21.5 Å². The number of hydrogen-bond donors (Lipinski definition) is 2. The summed E-state index contributed by atoms with van der Waals surface area (Å²) in [5.74, 6) is -1.76. The number of amides is 2. The van der Waals surface area contributed by atoms with Gasteiger partial charge in [-0.3, -0.25) is 0 Å². The minimum absolute atomic E-state index is 0.00603. The van der Waals surface area contributed by atoms with E-state index in [1.165, 1.54) is 18.4 Å². The Morgan fingerprint density at radius 2 is 2.17 bits per heavy atom. The third-order valence-electron chi connectivity index (χ3n) is 3.91. The van der Waals surface area contributed by atoms with Gasteiger partial charge in [0, 0.05) is 23.4 Å². The molecule has 2 aromatic rings. The van der Waals surface area contributed by atoms with Gasteiger partial charge in [0.1, 0.15) is 0 Å². The van der Waals surface area contributed by atoms with Crippen LogP contribution in [0.4, 0.5) is 18.0 Å². The highest BCUT2D eigenvalue weighted by atomic mass is 32.2. The van der Waals surface area contributed by atoms with E-state index in [1.54, 1.807) is 24.4 Å². The van der Waals surface area contributed by atoms with Gasteiger partial charge in [0.05, 0.1) is 18.2 Å². The molecule has 1 aliphatic rings. The van der Waals surface area contributed by atoms with E-state index in [4.69, 9.17) is 4.74 Å². The van der Waals surface area contributed by atoms with Crippen LogP contribution >= 0.6 is 23.1 Å². The largest absolute Gasteiger partial charge is 0.463 e. The zero-order valence-corrected chi connectivity index (χ0v) is 16.9. The number of rotatable bonds is 6. The smallest absolute Gasteiger partial charge is 0.451 e. The Bertz CT molecular complexity index is 940. The molecule has 2 aromatic heterocycles. The molecule has 0 aliphatic carbocycles. The summed E-state index contributed by atoms with van der Waals surface area (Å²) >= 11 is 2.27. The Kier molecular flexibility index (Phi) is 6.17. The molecule has 0 fully saturated rings. The lowest BCUT2D eigenvalue weighted by atomic mass is 10.0. The summed E-state index contributed by atoms with van der Waals surface area (Å²) in [4.78, 5) is 25.4. The zero-order valence-electron chi connectivity index (χ0n) is 15.2. The van der Waals surface area contributed by atoms with Gasteiger partial charge >= 0.3 is 18.2 Å². The maximum atomic E-state index is 12.9. The summed E-state index contributed by atoms with van der Waals surface area (Å²) in [5, 5.41) is 13.8. The first-order valence-electron chi connectivity index (χ1n) is 8.32. The van der Waals surface area contributed by atoms with Gasteiger partial charge in [-0.1, -0.05) is 17.8 Å². The molecule has 0 unspecified atom stereocenters. The van der Waals surface area contributed by atoms with Crippen molar-refractivity contribution in [3.8, 4) is 0 Å². The van der Waals surface area contributed by atoms with E-state index >= 15 is 0 Å². The number of ether oxygens (including phenoxy) is 1. The maximum Gasteiger partial charge on any atom is 0.451 e. The van der Waals surface area contributed by atoms with E-state index in [0.29, 0.717) is 0 Å². The average molecular weight is 447 g/mol. The van der Waals surface area contributed by atoms with Crippen LogP contribution in [-0.4, -0.2) is 39.1 Å². The van der Waals surface area contributed by atoms with Crippen molar-refractivity contribution in [2.45, 2.75) is 24.3 Å². The Morgan fingerprint density at radius 3 is 2.76 bits per heavy atom. The van der Waals surface area contributed by atoms with Gasteiger partial charge in [0.25, 0.3) is 0 Å². The van der Waals surface area contributed by atoms with Crippen LogP contribution in [-0.2, 0) is 22.8 Å². The standard InChI is InChI=1S/C16H16F3N5O3S2/c1-3-27-12(25)10-8(20-14(26)21-11(10)9-5-4-6-28-9)7-29-15-23-22-13(24(15)2)16(17,18)19/h4-6,11H,3,7H2,1-2H3,(H2,20,21,26)/t11-/m1/s1. The predicted octanol–water partition coefficient (Wildman–Crippen LogP) is 2.86. The fourth-order valence-electron chi connectivity index (χ4n) is 2.67. The average Bonchev–Trinajstić information content (AvgIpc) is 3.29. The Labute approximate surface area is 171 Å². The summed E-state index contributed by atoms with van der Waals surface area (Å²) in [6.07, 6.45) is -4.64. The zero-order chi connectivity index (χ0) is 21.2. The number of aromatic nitrogens is 3. The molecule has 0 saturated heterocycles. The van der Waals surface area contributed by atoms with Crippen LogP contribution in [0, 0.1) is 0 Å². The van der Waals surface area contributed by atoms with Crippen LogP contribution < -0.4 is 10.6 Å². The number of nitrogens with one attached hydrogen (secondary N) is 2. The third kappa shape index (κ3) is 4.56. The normalized spacial score (nSPS) is 17.1. The van der Waals surface area contributed by atoms with E-state index in [0.717, 1.165) is 21.2 Å². The molecule has 3 rings (SSSR count). The van der Waals surface area contributed by atoms with Crippen LogP contribution in [0.25, 0.3) is 0 Å². The van der Waals surface area contributed by atoms with E-state index in [-0.39, 0.29) is 28.8 Å². The lowest BCUT2D eigenvalue weighted by Crippen LogP contribution is -2.46. The molecule has 156 valence electrons. The van der Waals surface area contributed by atoms with Gasteiger partial charge in [0.15, 0.2) is 5.16 Å². The van der Waals surface area contributed by atoms with Gasteiger partial charge in [0.2, 0.25) is 5.82 Å². The number of carbonyl (C=O) groups excluding carboxylic acids is 2. The monoisotopic (exact) mass is 447 g/mol. The van der Waals surface area contributed by atoms with Gasteiger partial charge in [-0.2, -0.15) is 13.2 Å². The maximum absolute atomic E-state index is 12.9. The molecule has 2 N–H and O–H groups in total. The second kappa shape index (κ2) is 8.45. The molecule has 0 aromatic carbocycles. The summed E-state index contributed by atoms with van der Waals surface area (Å²) in [6, 6.07) is 2.30. The summed E-state index contributed by atoms with van der Waals surface area (Å²) < 4.78 is 44.6. The highest BCUT2D eigenvalue weighted by molar-refractivity contribution is 7.99. The lowest BCUT2D eigenvalue weighted by molar-refractivity contribution is -0.147. The molecule has 0 radical (unpaired) electrons. The van der Waals surface area contributed by atoms with E-state index < -0.39 is 30.0 Å². The number of hydrogen-bond acceptors (Lipinski definition) is 7. The van der Waals surface area contributed by atoms with Crippen LogP contribution in [0.1, 0.15) is 23.7 Å². The quantitative estimate of drug-likeness (QED) is 0.522. The van der Waals surface area contributed by atoms with E-state index in [1.807, 2.05) is 0 Å². The van der Waals surface area contributed by atoms with Crippen molar-refractivity contribution < 1.29 is 27.5 Å². The molecule has 13 heteroatoms. The molecule has 0 bridgehead atoms. The van der Waals surface area contributed by atoms with Crippen molar-refractivity contribution in [2.24, 2.45) is 7.05 Å². The predicted molar refractivity (Wildman–Crippen MR) is 99.1 cm³/mol. The SMILES string of the molecule is CCOC(=O)C1=C(CSc2nnc(C(F)(F)F)n2C)NC(=O)N[C@@H]1c1cccs1. The number of thioether (sulfide) groups is 1. The topological polar surface area (TPSA) is 98.1 Å². The van der Waals surface area contributed by atoms with Crippen LogP contribution in [0.2, 0.25) is 0 Å². The number of halogens is 3. The summed E-state index contributed by atoms with van der Waals surface area (Å²) in [7, 11) is 1.20.